The number of nitrogens with one attached hydrogen (secondary N) is 2. The lowest BCUT2D eigenvalue weighted by atomic mass is 10.1. The molecule has 1 atom stereocenters. The Bertz CT molecular complexity index is 515. The first kappa shape index (κ1) is 10.4. The van der Waals surface area contributed by atoms with E-state index in [1.54, 1.807) is 6.07 Å². The minimum absolute atomic E-state index is 0.262. The second-order valence-corrected chi connectivity index (χ2v) is 4.39. The number of benzene rings is 1. The van der Waals surface area contributed by atoms with E-state index in [2.05, 4.69) is 15.3 Å². The Labute approximate surface area is 99.7 Å². The van der Waals surface area contributed by atoms with Crippen LogP contribution >= 0.6 is 0 Å². The number of hydrogen-bond acceptors (Lipinski definition) is 3. The molecule has 2 heterocycles. The number of para-hydroxylation sites is 1. The van der Waals surface area contributed by atoms with Gasteiger partial charge < -0.3 is 15.4 Å². The first-order chi connectivity index (χ1) is 8.34. The van der Waals surface area contributed by atoms with Crippen molar-refractivity contribution in [3.63, 3.8) is 0 Å². The van der Waals surface area contributed by atoms with Crippen LogP contribution in [0.25, 0.3) is 11.4 Å². The summed E-state index contributed by atoms with van der Waals surface area (Å²) in [6.45, 7) is 2.07. The minimum atomic E-state index is 0.262. The molecule has 88 valence electrons. The zero-order valence-corrected chi connectivity index (χ0v) is 9.48. The number of hydrogen-bond donors (Lipinski definition) is 3. The third-order valence-corrected chi connectivity index (χ3v) is 3.25. The summed E-state index contributed by atoms with van der Waals surface area (Å²) in [5, 5.41) is 13.1. The van der Waals surface area contributed by atoms with E-state index in [1.165, 1.54) is 0 Å². The standard InChI is InChI=1S/C13H15N3O/c17-12-4-2-1-3-10(12)13-15-8-11(16-13)9-5-6-14-7-9/h1-4,8-9,14,17H,5-7H2,(H,15,16). The molecule has 1 aromatic heterocycles. The number of aromatic hydroxyl groups is 1. The van der Waals surface area contributed by atoms with E-state index < -0.39 is 0 Å². The van der Waals surface area contributed by atoms with Crippen LogP contribution < -0.4 is 5.32 Å². The summed E-state index contributed by atoms with van der Waals surface area (Å²) in [4.78, 5) is 7.65. The highest BCUT2D eigenvalue weighted by Gasteiger charge is 2.19. The van der Waals surface area contributed by atoms with Gasteiger partial charge in [-0.2, -0.15) is 0 Å². The van der Waals surface area contributed by atoms with Crippen LogP contribution in [0.3, 0.4) is 0 Å². The molecule has 1 unspecified atom stereocenters. The Hall–Kier alpha value is -1.81. The molecule has 0 aliphatic carbocycles. The van der Waals surface area contributed by atoms with E-state index >= 15 is 0 Å². The zero-order valence-electron chi connectivity index (χ0n) is 9.48. The van der Waals surface area contributed by atoms with Crippen molar-refractivity contribution in [1.82, 2.24) is 15.3 Å². The topological polar surface area (TPSA) is 60.9 Å². The van der Waals surface area contributed by atoms with Crippen molar-refractivity contribution in [2.45, 2.75) is 12.3 Å². The molecule has 3 rings (SSSR count). The molecule has 4 nitrogen and oxygen atoms in total. The van der Waals surface area contributed by atoms with Gasteiger partial charge in [-0.15, -0.1) is 0 Å². The maximum atomic E-state index is 9.77. The van der Waals surface area contributed by atoms with Gasteiger partial charge in [0.1, 0.15) is 11.6 Å². The number of phenols is 1. The van der Waals surface area contributed by atoms with Crippen LogP contribution in [0.5, 0.6) is 5.75 Å². The molecular weight excluding hydrogens is 214 g/mol. The minimum Gasteiger partial charge on any atom is -0.507 e. The predicted octanol–water partition coefficient (Wildman–Crippen LogP) is 1.86. The number of aromatic nitrogens is 2. The lowest BCUT2D eigenvalue weighted by Gasteiger charge is -2.04. The van der Waals surface area contributed by atoms with Crippen LogP contribution in [0.2, 0.25) is 0 Å². The van der Waals surface area contributed by atoms with Crippen molar-refractivity contribution in [2.75, 3.05) is 13.1 Å². The molecular formula is C13H15N3O. The molecule has 1 fully saturated rings. The van der Waals surface area contributed by atoms with Crippen molar-refractivity contribution in [2.24, 2.45) is 0 Å². The van der Waals surface area contributed by atoms with Gasteiger partial charge in [-0.3, -0.25) is 0 Å². The fourth-order valence-electron chi connectivity index (χ4n) is 2.27. The molecule has 0 amide bonds. The Balaban J connectivity index is 1.92. The van der Waals surface area contributed by atoms with Crippen molar-refractivity contribution < 1.29 is 5.11 Å². The van der Waals surface area contributed by atoms with Crippen LogP contribution in [0.4, 0.5) is 0 Å². The zero-order chi connectivity index (χ0) is 11.7. The number of nitrogens with zero attached hydrogens (tertiary/aromatic N) is 1. The smallest absolute Gasteiger partial charge is 0.141 e. The number of H-pyrrole nitrogens is 1. The third-order valence-electron chi connectivity index (χ3n) is 3.25. The summed E-state index contributed by atoms with van der Waals surface area (Å²) in [7, 11) is 0. The summed E-state index contributed by atoms with van der Waals surface area (Å²) in [6, 6.07) is 7.25. The molecule has 4 heteroatoms. The molecule has 1 aromatic carbocycles. The van der Waals surface area contributed by atoms with E-state index in [4.69, 9.17) is 0 Å². The van der Waals surface area contributed by atoms with Crippen molar-refractivity contribution in [3.8, 4) is 17.1 Å². The Morgan fingerprint density at radius 2 is 2.18 bits per heavy atom. The summed E-state index contributed by atoms with van der Waals surface area (Å²) in [5.74, 6) is 1.52. The summed E-state index contributed by atoms with van der Waals surface area (Å²) < 4.78 is 0. The normalized spacial score (nSPS) is 19.6. The van der Waals surface area contributed by atoms with Gasteiger partial charge in [-0.05, 0) is 25.1 Å². The fraction of sp³-hybridized carbons (Fsp3) is 0.308. The third kappa shape index (κ3) is 1.91. The second kappa shape index (κ2) is 4.22. The molecule has 2 aromatic rings. The Kier molecular flexibility index (Phi) is 2.57. The van der Waals surface area contributed by atoms with Crippen LogP contribution in [0.15, 0.2) is 30.5 Å². The maximum Gasteiger partial charge on any atom is 0.141 e. The van der Waals surface area contributed by atoms with E-state index in [1.807, 2.05) is 24.4 Å². The van der Waals surface area contributed by atoms with Crippen molar-refractivity contribution in [1.29, 1.82) is 0 Å². The van der Waals surface area contributed by atoms with Crippen LogP contribution in [0, 0.1) is 0 Å². The molecule has 1 aliphatic heterocycles. The van der Waals surface area contributed by atoms with Gasteiger partial charge in [-0.25, -0.2) is 4.98 Å². The van der Waals surface area contributed by atoms with Gasteiger partial charge in [0.2, 0.25) is 0 Å². The second-order valence-electron chi connectivity index (χ2n) is 4.39. The highest BCUT2D eigenvalue weighted by atomic mass is 16.3. The molecule has 0 radical (unpaired) electrons. The largest absolute Gasteiger partial charge is 0.507 e. The van der Waals surface area contributed by atoms with Crippen LogP contribution in [-0.4, -0.2) is 28.2 Å². The Morgan fingerprint density at radius 3 is 2.94 bits per heavy atom. The average molecular weight is 229 g/mol. The highest BCUT2D eigenvalue weighted by Crippen LogP contribution is 2.28. The van der Waals surface area contributed by atoms with Gasteiger partial charge in [0, 0.05) is 24.4 Å². The van der Waals surface area contributed by atoms with Crippen molar-refractivity contribution in [3.05, 3.63) is 36.2 Å². The van der Waals surface area contributed by atoms with Gasteiger partial charge in [0.15, 0.2) is 0 Å². The maximum absolute atomic E-state index is 9.77. The van der Waals surface area contributed by atoms with Gasteiger partial charge >= 0.3 is 0 Å². The lowest BCUT2D eigenvalue weighted by molar-refractivity contribution is 0.477. The van der Waals surface area contributed by atoms with E-state index in [0.717, 1.165) is 36.6 Å². The summed E-state index contributed by atoms with van der Waals surface area (Å²) in [5.41, 5.74) is 1.90. The first-order valence-corrected chi connectivity index (χ1v) is 5.88. The highest BCUT2D eigenvalue weighted by molar-refractivity contribution is 5.63. The molecule has 17 heavy (non-hydrogen) atoms. The quantitative estimate of drug-likeness (QED) is 0.736. The predicted molar refractivity (Wildman–Crippen MR) is 65.9 cm³/mol. The molecule has 0 spiro atoms. The monoisotopic (exact) mass is 229 g/mol. The summed E-state index contributed by atoms with van der Waals surface area (Å²) >= 11 is 0. The molecule has 3 N–H and O–H groups in total. The summed E-state index contributed by atoms with van der Waals surface area (Å²) in [6.07, 6.45) is 3.02. The van der Waals surface area contributed by atoms with E-state index in [0.29, 0.717) is 5.92 Å². The fourth-order valence-corrected chi connectivity index (χ4v) is 2.27. The lowest BCUT2D eigenvalue weighted by Crippen LogP contribution is -2.08. The van der Waals surface area contributed by atoms with Crippen LogP contribution in [0.1, 0.15) is 18.0 Å². The number of rotatable bonds is 2. The van der Waals surface area contributed by atoms with Gasteiger partial charge in [-0.1, -0.05) is 12.1 Å². The molecule has 0 saturated carbocycles. The van der Waals surface area contributed by atoms with E-state index in [-0.39, 0.29) is 5.75 Å². The van der Waals surface area contributed by atoms with Gasteiger partial charge in [0.25, 0.3) is 0 Å². The number of imidazole rings is 1. The number of aromatic amines is 1. The van der Waals surface area contributed by atoms with Gasteiger partial charge in [0.05, 0.1) is 5.56 Å². The van der Waals surface area contributed by atoms with Crippen molar-refractivity contribution >= 4 is 0 Å². The number of phenolic OH excluding ortho intramolecular Hbond substituents is 1. The molecule has 0 bridgehead atoms. The Morgan fingerprint density at radius 1 is 1.29 bits per heavy atom. The van der Waals surface area contributed by atoms with Crippen LogP contribution in [-0.2, 0) is 0 Å². The van der Waals surface area contributed by atoms with E-state index in [9.17, 15) is 5.11 Å². The SMILES string of the molecule is Oc1ccccc1-c1ncc(C2CCNC2)[nH]1. The molecule has 1 saturated heterocycles. The average Bonchev–Trinajstić information content (AvgIpc) is 3.00. The molecule has 1 aliphatic rings. The first-order valence-electron chi connectivity index (χ1n) is 5.88.